The molecule has 0 bridgehead atoms. The fourth-order valence-corrected chi connectivity index (χ4v) is 2.65. The normalized spacial score (nSPS) is 9.42. The summed E-state index contributed by atoms with van der Waals surface area (Å²) in [6, 6.07) is 4.34. The molecule has 12 heavy (non-hydrogen) atoms. The van der Waals surface area contributed by atoms with Gasteiger partial charge >= 0.3 is 0 Å². The average Bonchev–Trinajstić information content (AvgIpc) is 2.50. The molecule has 0 aliphatic carbocycles. The molecule has 1 aromatic heterocycles. The highest BCUT2D eigenvalue weighted by molar-refractivity contribution is 7.27. The Balaban J connectivity index is 0.00000121. The van der Waals surface area contributed by atoms with Crippen molar-refractivity contribution in [2.24, 2.45) is 0 Å². The second kappa shape index (κ2) is 7.81. The van der Waals surface area contributed by atoms with Gasteiger partial charge in [0.25, 0.3) is 0 Å². The lowest BCUT2D eigenvalue weighted by atomic mass is 10.2. The van der Waals surface area contributed by atoms with Gasteiger partial charge in [-0.1, -0.05) is 19.8 Å². The van der Waals surface area contributed by atoms with Crippen molar-refractivity contribution in [3.63, 3.8) is 0 Å². The molecule has 2 heteroatoms. The number of rotatable bonds is 5. The Morgan fingerprint density at radius 1 is 1.00 bits per heavy atom. The van der Waals surface area contributed by atoms with Crippen LogP contribution >= 0.6 is 10.5 Å². The maximum atomic E-state index is 2.33. The fourth-order valence-electron chi connectivity index (χ4n) is 1.17. The molecule has 0 unspecified atom stereocenters. The van der Waals surface area contributed by atoms with E-state index in [2.05, 4.69) is 29.8 Å². The van der Waals surface area contributed by atoms with Crippen LogP contribution in [-0.2, 0) is 5.75 Å². The maximum absolute atomic E-state index is 2.33. The van der Waals surface area contributed by atoms with E-state index in [0.29, 0.717) is 10.5 Å². The molecule has 0 spiro atoms. The molecule has 0 atom stereocenters. The molecular weight excluding hydrogens is 232 g/mol. The van der Waals surface area contributed by atoms with E-state index < -0.39 is 0 Å². The third kappa shape index (κ3) is 4.94. The minimum atomic E-state index is 0. The van der Waals surface area contributed by atoms with Gasteiger partial charge in [0.2, 0.25) is 0 Å². The smallest absolute Gasteiger partial charge is 0.137 e. The van der Waals surface area contributed by atoms with Crippen molar-refractivity contribution in [2.75, 3.05) is 0 Å². The second-order valence-electron chi connectivity index (χ2n) is 2.89. The van der Waals surface area contributed by atoms with Crippen LogP contribution in [0, 0.1) is 0 Å². The Hall–Kier alpha value is 0.180. The summed E-state index contributed by atoms with van der Waals surface area (Å²) >= 11 is 0. The van der Waals surface area contributed by atoms with Crippen LogP contribution in [0.3, 0.4) is 0 Å². The molecule has 0 aliphatic heterocycles. The van der Waals surface area contributed by atoms with E-state index in [-0.39, 0.29) is 17.0 Å². The third-order valence-corrected chi connectivity index (χ3v) is 3.62. The van der Waals surface area contributed by atoms with Gasteiger partial charge in [0.1, 0.15) is 16.5 Å². The number of unbranched alkanes of at least 4 members (excludes halogenated alkanes) is 3. The first-order valence-corrected chi connectivity index (χ1v) is 5.99. The van der Waals surface area contributed by atoms with Gasteiger partial charge in [-0.3, -0.25) is 0 Å². The molecule has 1 aromatic rings. The first kappa shape index (κ1) is 12.2. The van der Waals surface area contributed by atoms with E-state index in [1.54, 1.807) is 0 Å². The number of hydrogen-bond acceptors (Lipinski definition) is 0. The molecule has 1 rings (SSSR count). The van der Waals surface area contributed by atoms with Crippen molar-refractivity contribution in [3.05, 3.63) is 22.9 Å². The van der Waals surface area contributed by atoms with Gasteiger partial charge in [-0.15, -0.1) is 0 Å². The third-order valence-electron chi connectivity index (χ3n) is 1.85. The van der Waals surface area contributed by atoms with Crippen molar-refractivity contribution < 1.29 is 17.0 Å². The van der Waals surface area contributed by atoms with Crippen LogP contribution in [0.5, 0.6) is 0 Å². The summed E-state index contributed by atoms with van der Waals surface area (Å²) in [6.45, 7) is 2.26. The summed E-state index contributed by atoms with van der Waals surface area (Å²) in [5, 5.41) is 4.65. The lowest BCUT2D eigenvalue weighted by Gasteiger charge is -1.91. The molecule has 0 radical (unpaired) electrons. The Morgan fingerprint density at radius 2 is 1.67 bits per heavy atom. The van der Waals surface area contributed by atoms with Crippen LogP contribution < -0.4 is 17.0 Å². The quantitative estimate of drug-likeness (QED) is 0.540. The number of aryl methyl sites for hydroxylation is 1. The number of thiophene rings is 1. The average molecular weight is 249 g/mol. The molecule has 0 saturated carbocycles. The maximum Gasteiger partial charge on any atom is 0.137 e. The fraction of sp³-hybridized carbons (Fsp3) is 0.600. The summed E-state index contributed by atoms with van der Waals surface area (Å²) in [6.07, 6.45) is 5.58. The van der Waals surface area contributed by atoms with Crippen LogP contribution in [0.15, 0.2) is 22.9 Å². The summed E-state index contributed by atoms with van der Waals surface area (Å²) in [7, 11) is 0.508. The van der Waals surface area contributed by atoms with Gasteiger partial charge in [-0.05, 0) is 35.4 Å². The predicted molar refractivity (Wildman–Crippen MR) is 53.1 cm³/mol. The van der Waals surface area contributed by atoms with Crippen molar-refractivity contribution in [2.45, 2.75) is 38.4 Å². The number of hydrogen-bond donors (Lipinski definition) is 0. The van der Waals surface area contributed by atoms with Gasteiger partial charge in [-0.25, -0.2) is 0 Å². The monoisotopic (exact) mass is 248 g/mol. The first-order valence-electron chi connectivity index (χ1n) is 4.47. The molecule has 0 fully saturated rings. The van der Waals surface area contributed by atoms with Crippen LogP contribution in [-0.4, -0.2) is 0 Å². The predicted octanol–water partition coefficient (Wildman–Crippen LogP) is 1.02. The van der Waals surface area contributed by atoms with Crippen molar-refractivity contribution >= 4 is 10.5 Å². The second-order valence-corrected chi connectivity index (χ2v) is 4.78. The zero-order chi connectivity index (χ0) is 7.94. The highest BCUT2D eigenvalue weighted by atomic mass is 79.9. The standard InChI is InChI=1S/C10H17S.BrH/c1-2-3-4-5-8-11-9-6-7-10-11;/h6-7,9-10H,2-5,8H2,1H3;1H/q+1;/p-1. The highest BCUT2D eigenvalue weighted by Crippen LogP contribution is 2.20. The van der Waals surface area contributed by atoms with Crippen molar-refractivity contribution in [3.8, 4) is 0 Å². The molecular formula is C10H17BrS. The number of halogens is 1. The van der Waals surface area contributed by atoms with Gasteiger partial charge < -0.3 is 17.0 Å². The highest BCUT2D eigenvalue weighted by Gasteiger charge is 1.99. The minimum Gasteiger partial charge on any atom is -1.00 e. The largest absolute Gasteiger partial charge is 1.00 e. The van der Waals surface area contributed by atoms with Crippen LogP contribution in [0.4, 0.5) is 0 Å². The Bertz CT molecular complexity index is 170. The van der Waals surface area contributed by atoms with Gasteiger partial charge in [0.15, 0.2) is 0 Å². The van der Waals surface area contributed by atoms with Crippen LogP contribution in [0.25, 0.3) is 0 Å². The Kier molecular flexibility index (Phi) is 7.93. The lowest BCUT2D eigenvalue weighted by Crippen LogP contribution is -3.00. The van der Waals surface area contributed by atoms with Gasteiger partial charge in [-0.2, -0.15) is 0 Å². The summed E-state index contributed by atoms with van der Waals surface area (Å²) in [5.41, 5.74) is 0. The van der Waals surface area contributed by atoms with Crippen molar-refractivity contribution in [1.29, 1.82) is 0 Å². The topological polar surface area (TPSA) is 0 Å². The zero-order valence-corrected chi connectivity index (χ0v) is 10.0. The Labute approximate surface area is 88.7 Å². The van der Waals surface area contributed by atoms with Gasteiger partial charge in [0.05, 0.1) is 0 Å². The molecule has 1 heterocycles. The molecule has 0 N–H and O–H groups in total. The van der Waals surface area contributed by atoms with Gasteiger partial charge in [0, 0.05) is 0 Å². The summed E-state index contributed by atoms with van der Waals surface area (Å²) in [5.74, 6) is 1.38. The zero-order valence-electron chi connectivity index (χ0n) is 7.63. The Morgan fingerprint density at radius 3 is 2.25 bits per heavy atom. The summed E-state index contributed by atoms with van der Waals surface area (Å²) < 4.78 is 0. The summed E-state index contributed by atoms with van der Waals surface area (Å²) in [4.78, 5) is 0. The molecule has 0 amide bonds. The van der Waals surface area contributed by atoms with E-state index in [9.17, 15) is 0 Å². The van der Waals surface area contributed by atoms with E-state index in [1.807, 2.05) is 0 Å². The molecule has 70 valence electrons. The van der Waals surface area contributed by atoms with E-state index in [0.717, 1.165) is 0 Å². The molecule has 0 saturated heterocycles. The van der Waals surface area contributed by atoms with Crippen molar-refractivity contribution in [1.82, 2.24) is 0 Å². The molecule has 0 aromatic carbocycles. The molecule has 0 nitrogen and oxygen atoms in total. The lowest BCUT2D eigenvalue weighted by molar-refractivity contribution is -0.00000237. The minimum absolute atomic E-state index is 0. The van der Waals surface area contributed by atoms with E-state index in [1.165, 1.54) is 31.4 Å². The van der Waals surface area contributed by atoms with Crippen LogP contribution in [0.1, 0.15) is 32.6 Å². The first-order chi connectivity index (χ1) is 5.43. The van der Waals surface area contributed by atoms with Crippen LogP contribution in [0.2, 0.25) is 0 Å². The molecule has 0 aliphatic rings. The van der Waals surface area contributed by atoms with E-state index in [4.69, 9.17) is 0 Å². The SMILES string of the molecule is CCCCCC[s+]1cccc1.[Br-]. The van der Waals surface area contributed by atoms with E-state index >= 15 is 0 Å².